The van der Waals surface area contributed by atoms with Crippen LogP contribution in [0.5, 0.6) is 0 Å². The third-order valence-corrected chi connectivity index (χ3v) is 2.42. The van der Waals surface area contributed by atoms with Gasteiger partial charge in [0.25, 0.3) is 0 Å². The molecule has 96 valence electrons. The summed E-state index contributed by atoms with van der Waals surface area (Å²) < 4.78 is 5.18. The lowest BCUT2D eigenvalue weighted by Crippen LogP contribution is -2.28. The van der Waals surface area contributed by atoms with E-state index in [1.165, 1.54) is 0 Å². The van der Waals surface area contributed by atoms with Crippen LogP contribution in [0.25, 0.3) is 0 Å². The van der Waals surface area contributed by atoms with Gasteiger partial charge >= 0.3 is 5.97 Å². The number of rotatable bonds is 4. The molecule has 1 aromatic rings. The number of hydrogen-bond acceptors (Lipinski definition) is 3. The average molecular weight is 239 g/mol. The fourth-order valence-corrected chi connectivity index (χ4v) is 1.94. The van der Waals surface area contributed by atoms with Crippen molar-refractivity contribution in [1.29, 1.82) is 0 Å². The second kappa shape index (κ2) is 4.92. The SMILES string of the molecule is Cc1oc(C(=O)O)cc1CN(C)CC(C)(C)C. The van der Waals surface area contributed by atoms with Crippen LogP contribution in [0.3, 0.4) is 0 Å². The lowest BCUT2D eigenvalue weighted by atomic mass is 9.96. The van der Waals surface area contributed by atoms with E-state index in [0.29, 0.717) is 12.3 Å². The second-order valence-corrected chi connectivity index (χ2v) is 5.73. The summed E-state index contributed by atoms with van der Waals surface area (Å²) in [6, 6.07) is 1.61. The quantitative estimate of drug-likeness (QED) is 0.877. The van der Waals surface area contributed by atoms with Gasteiger partial charge in [-0.3, -0.25) is 0 Å². The molecule has 0 unspecified atom stereocenters. The van der Waals surface area contributed by atoms with Crippen LogP contribution in [0, 0.1) is 12.3 Å². The number of furan rings is 1. The Morgan fingerprint density at radius 1 is 1.47 bits per heavy atom. The van der Waals surface area contributed by atoms with E-state index in [-0.39, 0.29) is 11.2 Å². The lowest BCUT2D eigenvalue weighted by Gasteiger charge is -2.26. The van der Waals surface area contributed by atoms with Crippen LogP contribution in [0.4, 0.5) is 0 Å². The summed E-state index contributed by atoms with van der Waals surface area (Å²) in [4.78, 5) is 12.9. The van der Waals surface area contributed by atoms with Gasteiger partial charge in [-0.05, 0) is 25.5 Å². The monoisotopic (exact) mass is 239 g/mol. The Bertz CT molecular complexity index is 401. The molecule has 0 aliphatic carbocycles. The van der Waals surface area contributed by atoms with E-state index < -0.39 is 5.97 Å². The van der Waals surface area contributed by atoms with Gasteiger partial charge in [0.15, 0.2) is 0 Å². The number of aryl methyl sites for hydroxylation is 1. The molecule has 1 aromatic heterocycles. The van der Waals surface area contributed by atoms with Gasteiger partial charge in [0.1, 0.15) is 5.76 Å². The van der Waals surface area contributed by atoms with E-state index >= 15 is 0 Å². The summed E-state index contributed by atoms with van der Waals surface area (Å²) in [6.07, 6.45) is 0. The fourth-order valence-electron chi connectivity index (χ4n) is 1.94. The van der Waals surface area contributed by atoms with Crippen LogP contribution in [-0.2, 0) is 6.54 Å². The van der Waals surface area contributed by atoms with Crippen LogP contribution >= 0.6 is 0 Å². The zero-order valence-electron chi connectivity index (χ0n) is 11.2. The van der Waals surface area contributed by atoms with Gasteiger partial charge < -0.3 is 14.4 Å². The molecule has 0 saturated carbocycles. The first-order valence-corrected chi connectivity index (χ1v) is 5.70. The molecule has 1 N–H and O–H groups in total. The molecule has 0 saturated heterocycles. The minimum atomic E-state index is -1.02. The number of nitrogens with zero attached hydrogens (tertiary/aromatic N) is 1. The molecule has 0 radical (unpaired) electrons. The summed E-state index contributed by atoms with van der Waals surface area (Å²) in [7, 11) is 2.03. The number of carboxylic acid groups (broad SMARTS) is 1. The zero-order chi connectivity index (χ0) is 13.2. The largest absolute Gasteiger partial charge is 0.475 e. The van der Waals surface area contributed by atoms with E-state index in [1.807, 2.05) is 7.05 Å². The molecule has 0 amide bonds. The highest BCUT2D eigenvalue weighted by molar-refractivity contribution is 5.84. The van der Waals surface area contributed by atoms with E-state index in [1.54, 1.807) is 13.0 Å². The predicted molar refractivity (Wildman–Crippen MR) is 66.2 cm³/mol. The Labute approximate surface area is 102 Å². The highest BCUT2D eigenvalue weighted by Crippen LogP contribution is 2.19. The van der Waals surface area contributed by atoms with Crippen molar-refractivity contribution in [1.82, 2.24) is 4.90 Å². The molecule has 4 heteroatoms. The van der Waals surface area contributed by atoms with Crippen LogP contribution in [-0.4, -0.2) is 29.6 Å². The third kappa shape index (κ3) is 4.23. The van der Waals surface area contributed by atoms with E-state index in [4.69, 9.17) is 9.52 Å². The van der Waals surface area contributed by atoms with Crippen molar-refractivity contribution in [3.8, 4) is 0 Å². The molecule has 0 bridgehead atoms. The summed E-state index contributed by atoms with van der Waals surface area (Å²) in [6.45, 7) is 9.98. The molecule has 0 aliphatic heterocycles. The highest BCUT2D eigenvalue weighted by atomic mass is 16.4. The zero-order valence-corrected chi connectivity index (χ0v) is 11.2. The molecule has 0 aromatic carbocycles. The standard InChI is InChI=1S/C13H21NO3/c1-9-10(6-11(17-9)12(15)16)7-14(5)8-13(2,3)4/h6H,7-8H2,1-5H3,(H,15,16). The van der Waals surface area contributed by atoms with E-state index in [0.717, 1.165) is 12.1 Å². The van der Waals surface area contributed by atoms with Crippen molar-refractivity contribution in [2.75, 3.05) is 13.6 Å². The molecule has 0 spiro atoms. The van der Waals surface area contributed by atoms with E-state index in [9.17, 15) is 4.79 Å². The number of aromatic carboxylic acids is 1. The molecule has 17 heavy (non-hydrogen) atoms. The normalized spacial score (nSPS) is 12.1. The number of carboxylic acids is 1. The molecule has 1 rings (SSSR count). The maximum Gasteiger partial charge on any atom is 0.371 e. The Kier molecular flexibility index (Phi) is 3.98. The first-order valence-electron chi connectivity index (χ1n) is 5.70. The van der Waals surface area contributed by atoms with Crippen LogP contribution < -0.4 is 0 Å². The third-order valence-electron chi connectivity index (χ3n) is 2.42. The summed E-state index contributed by atoms with van der Waals surface area (Å²) in [5.41, 5.74) is 1.16. The van der Waals surface area contributed by atoms with Crippen molar-refractivity contribution >= 4 is 5.97 Å². The smallest absolute Gasteiger partial charge is 0.371 e. The molecule has 0 fully saturated rings. The summed E-state index contributed by atoms with van der Waals surface area (Å²) in [5.74, 6) is -0.317. The lowest BCUT2D eigenvalue weighted by molar-refractivity contribution is 0.0661. The van der Waals surface area contributed by atoms with Gasteiger partial charge in [0, 0.05) is 18.7 Å². The maximum atomic E-state index is 10.8. The topological polar surface area (TPSA) is 53.7 Å². The van der Waals surface area contributed by atoms with Gasteiger partial charge in [0.2, 0.25) is 5.76 Å². The van der Waals surface area contributed by atoms with Crippen LogP contribution in [0.2, 0.25) is 0 Å². The Hall–Kier alpha value is -1.29. The molecule has 0 atom stereocenters. The van der Waals surface area contributed by atoms with Crippen LogP contribution in [0.1, 0.15) is 42.6 Å². The number of hydrogen-bond donors (Lipinski definition) is 1. The molecular weight excluding hydrogens is 218 g/mol. The minimum Gasteiger partial charge on any atom is -0.475 e. The van der Waals surface area contributed by atoms with Gasteiger partial charge in [-0.25, -0.2) is 4.79 Å². The van der Waals surface area contributed by atoms with Crippen molar-refractivity contribution in [2.45, 2.75) is 34.2 Å². The van der Waals surface area contributed by atoms with Crippen molar-refractivity contribution < 1.29 is 14.3 Å². The van der Waals surface area contributed by atoms with Gasteiger partial charge in [-0.1, -0.05) is 20.8 Å². The maximum absolute atomic E-state index is 10.8. The van der Waals surface area contributed by atoms with Crippen LogP contribution in [0.15, 0.2) is 10.5 Å². The molecular formula is C13H21NO3. The first-order chi connectivity index (χ1) is 7.69. The average Bonchev–Trinajstić information content (AvgIpc) is 2.44. The predicted octanol–water partition coefficient (Wildman–Crippen LogP) is 2.76. The fraction of sp³-hybridized carbons (Fsp3) is 0.615. The van der Waals surface area contributed by atoms with Gasteiger partial charge in [-0.2, -0.15) is 0 Å². The summed E-state index contributed by atoms with van der Waals surface area (Å²) >= 11 is 0. The van der Waals surface area contributed by atoms with Crippen molar-refractivity contribution in [3.05, 3.63) is 23.2 Å². The second-order valence-electron chi connectivity index (χ2n) is 5.73. The molecule has 4 nitrogen and oxygen atoms in total. The van der Waals surface area contributed by atoms with Crippen molar-refractivity contribution in [3.63, 3.8) is 0 Å². The Morgan fingerprint density at radius 2 is 2.06 bits per heavy atom. The Balaban J connectivity index is 2.71. The Morgan fingerprint density at radius 3 is 2.47 bits per heavy atom. The van der Waals surface area contributed by atoms with E-state index in [2.05, 4.69) is 25.7 Å². The van der Waals surface area contributed by atoms with Crippen molar-refractivity contribution in [2.24, 2.45) is 5.41 Å². The highest BCUT2D eigenvalue weighted by Gasteiger charge is 2.17. The summed E-state index contributed by atoms with van der Waals surface area (Å²) in [5, 5.41) is 8.84. The molecule has 0 aliphatic rings. The molecule has 1 heterocycles. The number of carbonyl (C=O) groups is 1. The van der Waals surface area contributed by atoms with Gasteiger partial charge in [-0.15, -0.1) is 0 Å². The first kappa shape index (κ1) is 13.8. The minimum absolute atomic E-state index is 0.0154. The van der Waals surface area contributed by atoms with Gasteiger partial charge in [0.05, 0.1) is 0 Å².